The molecule has 0 aliphatic heterocycles. The minimum absolute atomic E-state index is 0.164. The van der Waals surface area contributed by atoms with Gasteiger partial charge < -0.3 is 10.5 Å². The first-order valence-electron chi connectivity index (χ1n) is 4.92. The molecule has 2 heterocycles. The van der Waals surface area contributed by atoms with Gasteiger partial charge in [0.05, 0.1) is 12.8 Å². The quantitative estimate of drug-likeness (QED) is 0.853. The standard InChI is InChI=1S/C11H11FN4O/c1-6-9(12)10(13)16-11(15-6)7-3-4-8(17-2)14-5-7/h3-5H,1-2H3,(H2,13,15,16). The van der Waals surface area contributed by atoms with E-state index in [0.717, 1.165) is 0 Å². The van der Waals surface area contributed by atoms with Crippen molar-refractivity contribution in [2.75, 3.05) is 12.8 Å². The maximum atomic E-state index is 13.3. The Labute approximate surface area is 97.5 Å². The first kappa shape index (κ1) is 11.3. The summed E-state index contributed by atoms with van der Waals surface area (Å²) in [4.78, 5) is 11.9. The number of nitrogens with zero attached hydrogens (tertiary/aromatic N) is 3. The molecule has 0 radical (unpaired) electrons. The topological polar surface area (TPSA) is 73.9 Å². The number of anilines is 1. The molecule has 0 atom stereocenters. The lowest BCUT2D eigenvalue weighted by Gasteiger charge is -2.05. The molecule has 0 spiro atoms. The smallest absolute Gasteiger partial charge is 0.212 e. The van der Waals surface area contributed by atoms with Crippen LogP contribution >= 0.6 is 0 Å². The molecule has 0 saturated heterocycles. The van der Waals surface area contributed by atoms with Gasteiger partial charge in [-0.25, -0.2) is 19.3 Å². The monoisotopic (exact) mass is 234 g/mol. The first-order chi connectivity index (χ1) is 8.11. The molecule has 17 heavy (non-hydrogen) atoms. The average molecular weight is 234 g/mol. The van der Waals surface area contributed by atoms with Gasteiger partial charge in [-0.2, -0.15) is 0 Å². The molecule has 0 aromatic carbocycles. The van der Waals surface area contributed by atoms with E-state index in [1.54, 1.807) is 18.3 Å². The summed E-state index contributed by atoms with van der Waals surface area (Å²) in [6.45, 7) is 1.54. The molecule has 0 bridgehead atoms. The first-order valence-corrected chi connectivity index (χ1v) is 4.92. The second kappa shape index (κ2) is 4.32. The maximum Gasteiger partial charge on any atom is 0.212 e. The molecule has 6 heteroatoms. The van der Waals surface area contributed by atoms with Crippen LogP contribution in [-0.2, 0) is 0 Å². The Morgan fingerprint density at radius 3 is 2.59 bits per heavy atom. The van der Waals surface area contributed by atoms with Crippen molar-refractivity contribution in [3.8, 4) is 17.3 Å². The highest BCUT2D eigenvalue weighted by Gasteiger charge is 2.10. The van der Waals surface area contributed by atoms with Gasteiger partial charge in [0.25, 0.3) is 0 Å². The van der Waals surface area contributed by atoms with Crippen molar-refractivity contribution in [1.82, 2.24) is 15.0 Å². The number of hydrogen-bond acceptors (Lipinski definition) is 5. The lowest BCUT2D eigenvalue weighted by molar-refractivity contribution is 0.398. The van der Waals surface area contributed by atoms with Gasteiger partial charge in [-0.15, -0.1) is 0 Å². The number of methoxy groups -OCH3 is 1. The second-order valence-corrected chi connectivity index (χ2v) is 3.42. The van der Waals surface area contributed by atoms with Gasteiger partial charge in [-0.1, -0.05) is 0 Å². The molecule has 2 rings (SSSR count). The molecule has 2 aromatic heterocycles. The number of ether oxygens (including phenoxy) is 1. The third-order valence-corrected chi connectivity index (χ3v) is 2.25. The van der Waals surface area contributed by atoms with E-state index in [-0.39, 0.29) is 11.5 Å². The summed E-state index contributed by atoms with van der Waals surface area (Å²) in [7, 11) is 1.53. The molecule has 0 saturated carbocycles. The summed E-state index contributed by atoms with van der Waals surface area (Å²) < 4.78 is 18.2. The lowest BCUT2D eigenvalue weighted by Crippen LogP contribution is -2.03. The van der Waals surface area contributed by atoms with Crippen LogP contribution in [0.3, 0.4) is 0 Å². The van der Waals surface area contributed by atoms with Gasteiger partial charge in [0, 0.05) is 17.8 Å². The van der Waals surface area contributed by atoms with Crippen molar-refractivity contribution in [3.05, 3.63) is 29.8 Å². The Hall–Kier alpha value is -2.24. The molecule has 2 aromatic rings. The number of hydrogen-bond donors (Lipinski definition) is 1. The fourth-order valence-electron chi connectivity index (χ4n) is 1.34. The van der Waals surface area contributed by atoms with Crippen LogP contribution in [-0.4, -0.2) is 22.1 Å². The summed E-state index contributed by atoms with van der Waals surface area (Å²) in [6.07, 6.45) is 1.55. The van der Waals surface area contributed by atoms with E-state index in [2.05, 4.69) is 15.0 Å². The Kier molecular flexibility index (Phi) is 2.86. The number of nitrogens with two attached hydrogens (primary N) is 1. The van der Waals surface area contributed by atoms with Gasteiger partial charge in [0.15, 0.2) is 17.5 Å². The van der Waals surface area contributed by atoms with Crippen LogP contribution in [0.2, 0.25) is 0 Å². The molecule has 5 nitrogen and oxygen atoms in total. The Balaban J connectivity index is 2.45. The van der Waals surface area contributed by atoms with E-state index < -0.39 is 5.82 Å². The Morgan fingerprint density at radius 2 is 2.06 bits per heavy atom. The van der Waals surface area contributed by atoms with Crippen LogP contribution in [0.5, 0.6) is 5.88 Å². The van der Waals surface area contributed by atoms with Gasteiger partial charge in [0.2, 0.25) is 5.88 Å². The average Bonchev–Trinajstić information content (AvgIpc) is 2.35. The second-order valence-electron chi connectivity index (χ2n) is 3.42. The predicted octanol–water partition coefficient (Wildman–Crippen LogP) is 1.58. The number of nitrogen functional groups attached to an aromatic ring is 1. The van der Waals surface area contributed by atoms with Crippen molar-refractivity contribution in [2.24, 2.45) is 0 Å². The summed E-state index contributed by atoms with van der Waals surface area (Å²) >= 11 is 0. The number of halogens is 1. The van der Waals surface area contributed by atoms with E-state index in [4.69, 9.17) is 10.5 Å². The van der Waals surface area contributed by atoms with Gasteiger partial charge >= 0.3 is 0 Å². The van der Waals surface area contributed by atoms with Crippen LogP contribution in [0.4, 0.5) is 10.2 Å². The molecule has 0 aliphatic rings. The van der Waals surface area contributed by atoms with Crippen molar-refractivity contribution < 1.29 is 9.13 Å². The Bertz CT molecular complexity index is 519. The van der Waals surface area contributed by atoms with Crippen LogP contribution in [0.1, 0.15) is 5.69 Å². The minimum atomic E-state index is -0.588. The highest BCUT2D eigenvalue weighted by molar-refractivity contribution is 5.56. The summed E-state index contributed by atoms with van der Waals surface area (Å²) in [5, 5.41) is 0. The predicted molar refractivity (Wildman–Crippen MR) is 60.9 cm³/mol. The van der Waals surface area contributed by atoms with Crippen molar-refractivity contribution in [1.29, 1.82) is 0 Å². The zero-order chi connectivity index (χ0) is 12.4. The van der Waals surface area contributed by atoms with Crippen LogP contribution < -0.4 is 10.5 Å². The number of aryl methyl sites for hydroxylation is 1. The molecular formula is C11H11FN4O. The fraction of sp³-hybridized carbons (Fsp3) is 0.182. The van der Waals surface area contributed by atoms with E-state index >= 15 is 0 Å². The van der Waals surface area contributed by atoms with Crippen molar-refractivity contribution in [2.45, 2.75) is 6.92 Å². The summed E-state index contributed by atoms with van der Waals surface area (Å²) in [5.41, 5.74) is 6.31. The minimum Gasteiger partial charge on any atom is -0.481 e. The van der Waals surface area contributed by atoms with E-state index in [1.807, 2.05) is 0 Å². The zero-order valence-corrected chi connectivity index (χ0v) is 9.44. The van der Waals surface area contributed by atoms with Crippen LogP contribution in [0, 0.1) is 12.7 Å². The molecule has 88 valence electrons. The molecular weight excluding hydrogens is 223 g/mol. The van der Waals surface area contributed by atoms with E-state index in [1.165, 1.54) is 14.0 Å². The number of aromatic nitrogens is 3. The third-order valence-electron chi connectivity index (χ3n) is 2.25. The van der Waals surface area contributed by atoms with Gasteiger partial charge in [-0.3, -0.25) is 0 Å². The van der Waals surface area contributed by atoms with E-state index in [9.17, 15) is 4.39 Å². The number of pyridine rings is 1. The highest BCUT2D eigenvalue weighted by Crippen LogP contribution is 2.19. The van der Waals surface area contributed by atoms with Gasteiger partial charge in [-0.05, 0) is 13.0 Å². The highest BCUT2D eigenvalue weighted by atomic mass is 19.1. The Morgan fingerprint density at radius 1 is 1.29 bits per heavy atom. The summed E-state index contributed by atoms with van der Waals surface area (Å²) in [5.74, 6) is 0.0793. The third kappa shape index (κ3) is 2.15. The van der Waals surface area contributed by atoms with Crippen LogP contribution in [0.25, 0.3) is 11.4 Å². The molecule has 0 fully saturated rings. The summed E-state index contributed by atoms with van der Waals surface area (Å²) in [6, 6.07) is 3.41. The van der Waals surface area contributed by atoms with E-state index in [0.29, 0.717) is 17.3 Å². The molecule has 0 unspecified atom stereocenters. The SMILES string of the molecule is COc1ccc(-c2nc(C)c(F)c(N)n2)cn1. The zero-order valence-electron chi connectivity index (χ0n) is 9.44. The molecule has 0 amide bonds. The number of rotatable bonds is 2. The largest absolute Gasteiger partial charge is 0.481 e. The fourth-order valence-corrected chi connectivity index (χ4v) is 1.34. The maximum absolute atomic E-state index is 13.3. The van der Waals surface area contributed by atoms with Crippen LogP contribution in [0.15, 0.2) is 18.3 Å². The van der Waals surface area contributed by atoms with Crippen molar-refractivity contribution in [3.63, 3.8) is 0 Å². The van der Waals surface area contributed by atoms with Crippen molar-refractivity contribution >= 4 is 5.82 Å². The lowest BCUT2D eigenvalue weighted by atomic mass is 10.2. The molecule has 2 N–H and O–H groups in total. The van der Waals surface area contributed by atoms with Gasteiger partial charge in [0.1, 0.15) is 0 Å². The molecule has 0 aliphatic carbocycles. The normalized spacial score (nSPS) is 10.3.